The third-order valence-electron chi connectivity index (χ3n) is 14.4. The summed E-state index contributed by atoms with van der Waals surface area (Å²) in [5.74, 6) is 0. The average molecular weight is 831 g/mol. The number of nitrogens with zero attached hydrogens (tertiary/aromatic N) is 2. The fourth-order valence-corrected chi connectivity index (χ4v) is 12.4. The second-order valence-corrected chi connectivity index (χ2v) is 21.3. The van der Waals surface area contributed by atoms with Crippen LogP contribution in [0.3, 0.4) is 0 Å². The minimum Gasteiger partial charge on any atom is -0.456 e. The largest absolute Gasteiger partial charge is 0.456 e. The molecule has 12 aromatic rings. The van der Waals surface area contributed by atoms with Crippen LogP contribution in [0.2, 0.25) is 0 Å². The van der Waals surface area contributed by atoms with Crippen LogP contribution in [0.1, 0.15) is 58.2 Å². The fourth-order valence-electron chi connectivity index (χ4n) is 11.3. The molecule has 4 nitrogen and oxygen atoms in total. The summed E-state index contributed by atoms with van der Waals surface area (Å²) < 4.78 is 18.6. The monoisotopic (exact) mass is 830 g/mol. The van der Waals surface area contributed by atoms with Crippen molar-refractivity contribution in [1.29, 1.82) is 0 Å². The summed E-state index contributed by atoms with van der Waals surface area (Å²) in [6.45, 7) is 16.0. The molecule has 0 fully saturated rings. The molecular weight excluding hydrogens is 788 g/mol. The van der Waals surface area contributed by atoms with Crippen LogP contribution in [0.15, 0.2) is 142 Å². The van der Waals surface area contributed by atoms with Gasteiger partial charge in [0.1, 0.15) is 22.3 Å². The minimum atomic E-state index is -0.140. The smallest absolute Gasteiger partial charge is 0.333 e. The van der Waals surface area contributed by atoms with E-state index in [0.29, 0.717) is 0 Å². The third kappa shape index (κ3) is 4.72. The van der Waals surface area contributed by atoms with E-state index in [1.54, 1.807) is 0 Å². The predicted molar refractivity (Wildman–Crippen MR) is 269 cm³/mol. The number of thiophene rings is 1. The molecule has 302 valence electrons. The van der Waals surface area contributed by atoms with E-state index in [4.69, 9.17) is 8.83 Å². The van der Waals surface area contributed by atoms with Crippen molar-refractivity contribution in [3.05, 3.63) is 150 Å². The lowest BCUT2D eigenvalue weighted by atomic mass is 9.44. The highest BCUT2D eigenvalue weighted by Gasteiger charge is 2.45. The number of fused-ring (bicyclic) bond motifs is 17. The summed E-state index contributed by atoms with van der Waals surface area (Å²) in [4.78, 5) is 2.65. The van der Waals surface area contributed by atoms with Crippen LogP contribution < -0.4 is 15.7 Å². The molecule has 0 amide bonds. The minimum absolute atomic E-state index is 0.0259. The SMILES string of the molecule is Cc1cc2c3c4c1c1cc5c(cc1n4-c1cc4c(cc1B3N(c1ccc(C(C)(C)C)cc1)c1cc3c(cc1-2)sc1cc(C(C)(C)C)ccc13)oc1ccccc14)oc1ccccc15. The maximum Gasteiger partial charge on any atom is 0.333 e. The second-order valence-electron chi connectivity index (χ2n) is 20.2. The first-order chi connectivity index (χ1) is 30.4. The normalized spacial score (nSPS) is 13.9. The van der Waals surface area contributed by atoms with Crippen LogP contribution in [0.25, 0.3) is 103 Å². The topological polar surface area (TPSA) is 34.5 Å². The van der Waals surface area contributed by atoms with Crippen molar-refractivity contribution in [2.75, 3.05) is 4.81 Å². The van der Waals surface area contributed by atoms with E-state index in [0.717, 1.165) is 49.4 Å². The first kappa shape index (κ1) is 35.8. The molecule has 0 saturated heterocycles. The molecule has 0 spiro atoms. The zero-order valence-electron chi connectivity index (χ0n) is 36.4. The van der Waals surface area contributed by atoms with Crippen LogP contribution in [0.4, 0.5) is 11.4 Å². The Morgan fingerprint density at radius 3 is 1.86 bits per heavy atom. The van der Waals surface area contributed by atoms with Gasteiger partial charge in [-0.3, -0.25) is 0 Å². The molecule has 0 N–H and O–H groups in total. The molecule has 0 bridgehead atoms. The number of benzene rings is 8. The fraction of sp³-hybridized carbons (Fsp3) is 0.158. The molecule has 6 heteroatoms. The van der Waals surface area contributed by atoms with Crippen LogP contribution >= 0.6 is 11.3 Å². The van der Waals surface area contributed by atoms with Gasteiger partial charge in [-0.15, -0.1) is 11.3 Å². The van der Waals surface area contributed by atoms with Gasteiger partial charge in [0.05, 0.1) is 11.0 Å². The Morgan fingerprint density at radius 1 is 0.508 bits per heavy atom. The molecule has 14 rings (SSSR count). The van der Waals surface area contributed by atoms with E-state index in [-0.39, 0.29) is 17.7 Å². The molecule has 0 atom stereocenters. The van der Waals surface area contributed by atoms with Gasteiger partial charge in [0.15, 0.2) is 0 Å². The number of aryl methyl sites for hydroxylation is 1. The van der Waals surface area contributed by atoms with Gasteiger partial charge in [-0.2, -0.15) is 0 Å². The zero-order valence-corrected chi connectivity index (χ0v) is 37.2. The molecule has 63 heavy (non-hydrogen) atoms. The van der Waals surface area contributed by atoms with Crippen molar-refractivity contribution in [3.63, 3.8) is 0 Å². The molecule has 0 unspecified atom stereocenters. The standard InChI is InChI=1S/C57H43BN2O2S/c1-30-22-41-37-27-52-40(36-21-18-32(57(5,6)7)23-51(36)63-52)26-45(37)60(33-19-16-31(17-20-33)56(2,3)4)58-43-28-49-39(35-13-9-11-15-48(35)61-49)25-46(43)59-44-29-50-38(34-12-8-10-14-47(34)62-50)24-42(44)53(30)55(59)54(41)58/h8-29H,1-7H3. The van der Waals surface area contributed by atoms with Gasteiger partial charge < -0.3 is 18.2 Å². The van der Waals surface area contributed by atoms with Gasteiger partial charge in [0.25, 0.3) is 0 Å². The van der Waals surface area contributed by atoms with Crippen molar-refractivity contribution in [2.45, 2.75) is 59.3 Å². The van der Waals surface area contributed by atoms with Crippen molar-refractivity contribution in [2.24, 2.45) is 0 Å². The number of rotatable bonds is 1. The first-order valence-corrected chi connectivity index (χ1v) is 23.0. The quantitative estimate of drug-likeness (QED) is 0.155. The molecule has 8 aromatic carbocycles. The Kier molecular flexibility index (Phi) is 6.72. The average Bonchev–Trinajstić information content (AvgIpc) is 4.02. The second kappa shape index (κ2) is 11.8. The predicted octanol–water partition coefficient (Wildman–Crippen LogP) is 15.1. The molecular formula is C57H43BN2O2S. The Hall–Kier alpha value is -6.76. The van der Waals surface area contributed by atoms with Crippen LogP contribution in [-0.2, 0) is 10.8 Å². The lowest BCUT2D eigenvalue weighted by molar-refractivity contribution is 0.590. The Morgan fingerprint density at radius 2 is 1.14 bits per heavy atom. The van der Waals surface area contributed by atoms with Crippen LogP contribution in [-0.4, -0.2) is 11.4 Å². The van der Waals surface area contributed by atoms with E-state index in [9.17, 15) is 0 Å². The number of furan rings is 2. The maximum atomic E-state index is 6.75. The van der Waals surface area contributed by atoms with Gasteiger partial charge in [-0.05, 0) is 112 Å². The number of hydrogen-bond acceptors (Lipinski definition) is 4. The van der Waals surface area contributed by atoms with Crippen LogP contribution in [0, 0.1) is 6.92 Å². The van der Waals surface area contributed by atoms with E-state index in [1.165, 1.54) is 92.3 Å². The summed E-state index contributed by atoms with van der Waals surface area (Å²) >= 11 is 1.92. The highest BCUT2D eigenvalue weighted by molar-refractivity contribution is 7.25. The van der Waals surface area contributed by atoms with Gasteiger partial charge in [0.2, 0.25) is 0 Å². The summed E-state index contributed by atoms with van der Waals surface area (Å²) in [7, 11) is 0. The summed E-state index contributed by atoms with van der Waals surface area (Å²) in [5.41, 5.74) is 18.8. The molecule has 6 heterocycles. The number of hydrogen-bond donors (Lipinski definition) is 0. The van der Waals surface area contributed by atoms with Gasteiger partial charge >= 0.3 is 6.85 Å². The highest BCUT2D eigenvalue weighted by Crippen LogP contribution is 2.51. The maximum absolute atomic E-state index is 6.75. The molecule has 0 saturated carbocycles. The first-order valence-electron chi connectivity index (χ1n) is 22.2. The molecule has 0 radical (unpaired) electrons. The summed E-state index contributed by atoms with van der Waals surface area (Å²) in [6, 6.07) is 50.3. The lowest BCUT2D eigenvalue weighted by Gasteiger charge is -2.42. The molecule has 4 aromatic heterocycles. The van der Waals surface area contributed by atoms with E-state index in [2.05, 4.69) is 191 Å². The molecule has 0 aliphatic carbocycles. The zero-order chi connectivity index (χ0) is 42.4. The molecule has 2 aliphatic rings. The Balaban J connectivity index is 1.16. The van der Waals surface area contributed by atoms with Gasteiger partial charge in [-0.1, -0.05) is 108 Å². The van der Waals surface area contributed by atoms with E-state index < -0.39 is 0 Å². The van der Waals surface area contributed by atoms with Crippen LogP contribution in [0.5, 0.6) is 0 Å². The number of aromatic nitrogens is 1. The van der Waals surface area contributed by atoms with Gasteiger partial charge in [-0.25, -0.2) is 0 Å². The number of para-hydroxylation sites is 2. The van der Waals surface area contributed by atoms with Crippen molar-refractivity contribution < 1.29 is 8.83 Å². The van der Waals surface area contributed by atoms with E-state index >= 15 is 0 Å². The Labute approximate surface area is 369 Å². The van der Waals surface area contributed by atoms with Gasteiger partial charge in [0, 0.05) is 81.2 Å². The van der Waals surface area contributed by atoms with Crippen molar-refractivity contribution in [3.8, 4) is 16.8 Å². The molecule has 2 aliphatic heterocycles. The third-order valence-corrected chi connectivity index (χ3v) is 15.5. The van der Waals surface area contributed by atoms with E-state index in [1.807, 2.05) is 11.3 Å². The lowest BCUT2D eigenvalue weighted by Crippen LogP contribution is -2.60. The van der Waals surface area contributed by atoms with Crippen molar-refractivity contribution >= 4 is 126 Å². The summed E-state index contributed by atoms with van der Waals surface area (Å²) in [5, 5.41) is 9.71. The summed E-state index contributed by atoms with van der Waals surface area (Å²) in [6.07, 6.45) is 0. The highest BCUT2D eigenvalue weighted by atomic mass is 32.1. The number of anilines is 2. The van der Waals surface area contributed by atoms with Crippen molar-refractivity contribution in [1.82, 2.24) is 4.57 Å². The Bertz CT molecular complexity index is 4010.